The van der Waals surface area contributed by atoms with Gasteiger partial charge in [-0.1, -0.05) is 23.2 Å². The lowest BCUT2D eigenvalue weighted by Crippen LogP contribution is -2.46. The second kappa shape index (κ2) is 7.25. The lowest BCUT2D eigenvalue weighted by molar-refractivity contribution is 0.183. The van der Waals surface area contributed by atoms with Crippen LogP contribution in [0.1, 0.15) is 18.5 Å². The Morgan fingerprint density at radius 1 is 1.42 bits per heavy atom. The average Bonchev–Trinajstić information content (AvgIpc) is 2.75. The van der Waals surface area contributed by atoms with Crippen molar-refractivity contribution in [2.24, 2.45) is 0 Å². The number of piperazine rings is 1. The van der Waals surface area contributed by atoms with Crippen LogP contribution in [0.4, 0.5) is 0 Å². The van der Waals surface area contributed by atoms with Gasteiger partial charge >= 0.3 is 0 Å². The van der Waals surface area contributed by atoms with Crippen molar-refractivity contribution in [1.82, 2.24) is 15.1 Å². The summed E-state index contributed by atoms with van der Waals surface area (Å²) in [6.45, 7) is 8.84. The van der Waals surface area contributed by atoms with Crippen LogP contribution >= 0.6 is 34.5 Å². The van der Waals surface area contributed by atoms with Gasteiger partial charge in [0.15, 0.2) is 0 Å². The van der Waals surface area contributed by atoms with Crippen LogP contribution in [0.3, 0.4) is 0 Å². The molecule has 1 aliphatic heterocycles. The smallest absolute Gasteiger partial charge is 0.0991 e. The molecule has 0 spiro atoms. The van der Waals surface area contributed by atoms with Crippen LogP contribution in [0.5, 0.6) is 0 Å². The van der Waals surface area contributed by atoms with Gasteiger partial charge in [-0.2, -0.15) is 0 Å². The van der Waals surface area contributed by atoms with Crippen LogP contribution in [-0.4, -0.2) is 56.1 Å². The van der Waals surface area contributed by atoms with Crippen LogP contribution in [0, 0.1) is 0 Å². The Morgan fingerprint density at radius 2 is 2.11 bits per heavy atom. The highest BCUT2D eigenvalue weighted by atomic mass is 35.5. The lowest BCUT2D eigenvalue weighted by Gasteiger charge is -2.31. The summed E-state index contributed by atoms with van der Waals surface area (Å²) in [4.78, 5) is 4.84. The van der Waals surface area contributed by atoms with Gasteiger partial charge in [-0.3, -0.25) is 9.80 Å². The third-order valence-corrected chi connectivity index (χ3v) is 5.29. The van der Waals surface area contributed by atoms with Crippen LogP contribution in [0.2, 0.25) is 8.67 Å². The Bertz CT molecular complexity index is 405. The molecule has 6 heteroatoms. The van der Waals surface area contributed by atoms with Crippen LogP contribution in [0.25, 0.3) is 0 Å². The fourth-order valence-electron chi connectivity index (χ4n) is 2.30. The SMILES string of the molecule is CC(c1cc(Cl)sc1Cl)N(C)CCN1CCNCC1. The van der Waals surface area contributed by atoms with Crippen molar-refractivity contribution in [3.05, 3.63) is 20.3 Å². The second-order valence-corrected chi connectivity index (χ2v) is 7.31. The van der Waals surface area contributed by atoms with Gasteiger partial charge in [-0.05, 0) is 20.0 Å². The zero-order valence-electron chi connectivity index (χ0n) is 11.5. The topological polar surface area (TPSA) is 18.5 Å². The van der Waals surface area contributed by atoms with E-state index in [9.17, 15) is 0 Å². The van der Waals surface area contributed by atoms with E-state index in [2.05, 4.69) is 29.1 Å². The Hall–Kier alpha value is 0.160. The Kier molecular flexibility index (Phi) is 5.93. The van der Waals surface area contributed by atoms with E-state index >= 15 is 0 Å². The molecule has 1 aromatic heterocycles. The summed E-state index contributed by atoms with van der Waals surface area (Å²) in [7, 11) is 2.15. The van der Waals surface area contributed by atoms with Crippen molar-refractivity contribution in [2.45, 2.75) is 13.0 Å². The largest absolute Gasteiger partial charge is 0.314 e. The summed E-state index contributed by atoms with van der Waals surface area (Å²) in [6.07, 6.45) is 0. The Morgan fingerprint density at radius 3 is 2.68 bits per heavy atom. The number of rotatable bonds is 5. The van der Waals surface area contributed by atoms with Gasteiger partial charge in [0.2, 0.25) is 0 Å². The van der Waals surface area contributed by atoms with Crippen molar-refractivity contribution in [3.63, 3.8) is 0 Å². The molecule has 0 bridgehead atoms. The summed E-state index contributed by atoms with van der Waals surface area (Å²) >= 11 is 13.7. The standard InChI is InChI=1S/C13H21Cl2N3S/c1-10(11-9-12(14)19-13(11)15)17(2)7-8-18-5-3-16-4-6-18/h9-10,16H,3-8H2,1-2H3. The molecule has 1 unspecified atom stereocenters. The fraction of sp³-hybridized carbons (Fsp3) is 0.692. The highest BCUT2D eigenvalue weighted by Gasteiger charge is 2.18. The van der Waals surface area contributed by atoms with Crippen LogP contribution < -0.4 is 5.32 Å². The Labute approximate surface area is 129 Å². The maximum absolute atomic E-state index is 6.22. The molecule has 1 fully saturated rings. The van der Waals surface area contributed by atoms with Crippen molar-refractivity contribution >= 4 is 34.5 Å². The van der Waals surface area contributed by atoms with E-state index < -0.39 is 0 Å². The van der Waals surface area contributed by atoms with E-state index in [4.69, 9.17) is 23.2 Å². The first-order chi connectivity index (χ1) is 9.08. The molecular formula is C13H21Cl2N3S. The van der Waals surface area contributed by atoms with E-state index in [-0.39, 0.29) is 0 Å². The zero-order chi connectivity index (χ0) is 13.8. The summed E-state index contributed by atoms with van der Waals surface area (Å²) in [6, 6.07) is 2.29. The Balaban J connectivity index is 1.84. The molecule has 1 N–H and O–H groups in total. The van der Waals surface area contributed by atoms with Gasteiger partial charge in [0.05, 0.1) is 8.67 Å². The molecule has 0 saturated carbocycles. The predicted octanol–water partition coefficient (Wildman–Crippen LogP) is 2.95. The molecule has 2 rings (SSSR count). The van der Waals surface area contributed by atoms with Gasteiger partial charge in [-0.25, -0.2) is 0 Å². The van der Waals surface area contributed by atoms with E-state index in [0.717, 1.165) is 53.5 Å². The van der Waals surface area contributed by atoms with E-state index in [0.29, 0.717) is 6.04 Å². The van der Waals surface area contributed by atoms with Crippen molar-refractivity contribution in [3.8, 4) is 0 Å². The third kappa shape index (κ3) is 4.31. The molecule has 2 heterocycles. The highest BCUT2D eigenvalue weighted by molar-refractivity contribution is 7.20. The minimum Gasteiger partial charge on any atom is -0.314 e. The third-order valence-electron chi connectivity index (χ3n) is 3.77. The summed E-state index contributed by atoms with van der Waals surface area (Å²) < 4.78 is 1.58. The number of hydrogen-bond donors (Lipinski definition) is 1. The first kappa shape index (κ1) is 15.5. The number of halogens is 2. The zero-order valence-corrected chi connectivity index (χ0v) is 13.8. The molecule has 0 aromatic carbocycles. The van der Waals surface area contributed by atoms with Crippen molar-refractivity contribution in [2.75, 3.05) is 46.3 Å². The number of nitrogens with one attached hydrogen (secondary N) is 1. The molecule has 0 radical (unpaired) electrons. The molecule has 1 saturated heterocycles. The predicted molar refractivity (Wildman–Crippen MR) is 84.7 cm³/mol. The minimum absolute atomic E-state index is 0.305. The van der Waals surface area contributed by atoms with Crippen molar-refractivity contribution in [1.29, 1.82) is 0 Å². The first-order valence-corrected chi connectivity index (χ1v) is 8.23. The molecule has 1 atom stereocenters. The molecule has 3 nitrogen and oxygen atoms in total. The van der Waals surface area contributed by atoms with Gasteiger partial charge in [0, 0.05) is 50.9 Å². The maximum Gasteiger partial charge on any atom is 0.0991 e. The van der Waals surface area contributed by atoms with Crippen molar-refractivity contribution < 1.29 is 0 Å². The van der Waals surface area contributed by atoms with Gasteiger partial charge in [0.1, 0.15) is 0 Å². The quantitative estimate of drug-likeness (QED) is 0.899. The minimum atomic E-state index is 0.305. The van der Waals surface area contributed by atoms with Gasteiger partial charge in [-0.15, -0.1) is 11.3 Å². The molecular weight excluding hydrogens is 301 g/mol. The fourth-order valence-corrected chi connectivity index (χ4v) is 3.94. The maximum atomic E-state index is 6.22. The molecule has 108 valence electrons. The highest BCUT2D eigenvalue weighted by Crippen LogP contribution is 2.36. The molecule has 1 aromatic rings. The van der Waals surface area contributed by atoms with Gasteiger partial charge < -0.3 is 5.32 Å². The number of thiophene rings is 1. The van der Waals surface area contributed by atoms with Crippen LogP contribution in [0.15, 0.2) is 6.07 Å². The summed E-state index contributed by atoms with van der Waals surface area (Å²) in [5.74, 6) is 0. The van der Waals surface area contributed by atoms with E-state index in [1.54, 1.807) is 0 Å². The van der Waals surface area contributed by atoms with Crippen LogP contribution in [-0.2, 0) is 0 Å². The molecule has 0 aliphatic carbocycles. The lowest BCUT2D eigenvalue weighted by atomic mass is 10.1. The number of likely N-dealkylation sites (N-methyl/N-ethyl adjacent to an activating group) is 1. The average molecular weight is 322 g/mol. The molecule has 0 amide bonds. The monoisotopic (exact) mass is 321 g/mol. The number of hydrogen-bond acceptors (Lipinski definition) is 4. The van der Waals surface area contributed by atoms with E-state index in [1.807, 2.05) is 6.07 Å². The van der Waals surface area contributed by atoms with E-state index in [1.165, 1.54) is 11.3 Å². The normalized spacial score (nSPS) is 19.0. The molecule has 1 aliphatic rings. The molecule has 19 heavy (non-hydrogen) atoms. The first-order valence-electron chi connectivity index (χ1n) is 6.66. The number of nitrogens with zero attached hydrogens (tertiary/aromatic N) is 2. The van der Waals surface area contributed by atoms with Gasteiger partial charge in [0.25, 0.3) is 0 Å². The summed E-state index contributed by atoms with van der Waals surface area (Å²) in [5.41, 5.74) is 1.14. The summed E-state index contributed by atoms with van der Waals surface area (Å²) in [5, 5.41) is 3.38. The second-order valence-electron chi connectivity index (χ2n) is 5.03.